The summed E-state index contributed by atoms with van der Waals surface area (Å²) in [5.74, 6) is 0.281. The van der Waals surface area contributed by atoms with Crippen LogP contribution in [0.25, 0.3) is 0 Å². The Morgan fingerprint density at radius 1 is 1.35 bits per heavy atom. The molecule has 2 rings (SSSR count). The standard InChI is InChI=1S/C16H19F/c1-3-4-5-12(2)15-10-11-16(15)13-6-8-14(17)9-7-13/h6-10,16H,2-5,11H2,1H3. The van der Waals surface area contributed by atoms with Crippen molar-refractivity contribution in [2.24, 2.45) is 0 Å². The molecule has 1 aromatic carbocycles. The molecule has 1 heteroatoms. The third kappa shape index (κ3) is 2.66. The molecule has 0 saturated heterocycles. The minimum absolute atomic E-state index is 0.164. The van der Waals surface area contributed by atoms with Crippen LogP contribution in [0.5, 0.6) is 0 Å². The topological polar surface area (TPSA) is 0 Å². The summed E-state index contributed by atoms with van der Waals surface area (Å²) in [7, 11) is 0. The summed E-state index contributed by atoms with van der Waals surface area (Å²) in [6.07, 6.45) is 6.80. The number of benzene rings is 1. The maximum Gasteiger partial charge on any atom is 0.123 e. The number of unbranched alkanes of at least 4 members (excludes halogenated alkanes) is 1. The van der Waals surface area contributed by atoms with Gasteiger partial charge in [0.05, 0.1) is 0 Å². The maximum absolute atomic E-state index is 12.9. The van der Waals surface area contributed by atoms with Crippen molar-refractivity contribution in [3.05, 3.63) is 59.4 Å². The number of halogens is 1. The molecule has 0 heterocycles. The molecule has 0 fully saturated rings. The van der Waals surface area contributed by atoms with Crippen molar-refractivity contribution in [1.82, 2.24) is 0 Å². The first-order valence-electron chi connectivity index (χ1n) is 6.36. The predicted octanol–water partition coefficient (Wildman–Crippen LogP) is 4.99. The second-order valence-corrected chi connectivity index (χ2v) is 4.71. The first kappa shape index (κ1) is 12.1. The zero-order valence-corrected chi connectivity index (χ0v) is 10.4. The molecule has 0 radical (unpaired) electrons. The zero-order valence-electron chi connectivity index (χ0n) is 10.4. The number of hydrogen-bond donors (Lipinski definition) is 0. The van der Waals surface area contributed by atoms with E-state index < -0.39 is 0 Å². The van der Waals surface area contributed by atoms with Crippen molar-refractivity contribution < 1.29 is 4.39 Å². The molecular weight excluding hydrogens is 211 g/mol. The van der Waals surface area contributed by atoms with Gasteiger partial charge in [-0.05, 0) is 42.5 Å². The zero-order chi connectivity index (χ0) is 12.3. The monoisotopic (exact) mass is 230 g/mol. The third-order valence-corrected chi connectivity index (χ3v) is 3.46. The van der Waals surface area contributed by atoms with Crippen LogP contribution in [-0.2, 0) is 0 Å². The van der Waals surface area contributed by atoms with E-state index in [1.807, 2.05) is 12.1 Å². The average molecular weight is 230 g/mol. The van der Waals surface area contributed by atoms with Gasteiger partial charge in [0.25, 0.3) is 0 Å². The van der Waals surface area contributed by atoms with E-state index in [0.29, 0.717) is 5.92 Å². The van der Waals surface area contributed by atoms with Crippen molar-refractivity contribution >= 4 is 0 Å². The molecule has 1 aliphatic carbocycles. The van der Waals surface area contributed by atoms with Crippen LogP contribution >= 0.6 is 0 Å². The fourth-order valence-electron chi connectivity index (χ4n) is 2.29. The van der Waals surface area contributed by atoms with Gasteiger partial charge in [-0.2, -0.15) is 0 Å². The highest BCUT2D eigenvalue weighted by Gasteiger charge is 2.24. The molecule has 90 valence electrons. The Labute approximate surface area is 103 Å². The lowest BCUT2D eigenvalue weighted by atomic mass is 9.75. The highest BCUT2D eigenvalue weighted by molar-refractivity contribution is 5.46. The minimum Gasteiger partial charge on any atom is -0.207 e. The maximum atomic E-state index is 12.9. The van der Waals surface area contributed by atoms with Crippen molar-refractivity contribution in [2.75, 3.05) is 0 Å². The molecule has 1 aromatic rings. The first-order chi connectivity index (χ1) is 8.22. The molecule has 0 aliphatic heterocycles. The van der Waals surface area contributed by atoms with Gasteiger partial charge in [-0.3, -0.25) is 0 Å². The van der Waals surface area contributed by atoms with Gasteiger partial charge in [-0.25, -0.2) is 4.39 Å². The molecule has 0 bridgehead atoms. The lowest BCUT2D eigenvalue weighted by molar-refractivity contribution is 0.624. The van der Waals surface area contributed by atoms with Crippen molar-refractivity contribution in [2.45, 2.75) is 38.5 Å². The van der Waals surface area contributed by atoms with Crippen LogP contribution in [0.15, 0.2) is 48.1 Å². The van der Waals surface area contributed by atoms with Crippen molar-refractivity contribution in [3.63, 3.8) is 0 Å². The van der Waals surface area contributed by atoms with Gasteiger partial charge in [-0.15, -0.1) is 0 Å². The number of rotatable bonds is 5. The summed E-state index contributed by atoms with van der Waals surface area (Å²) in [5, 5.41) is 0. The highest BCUT2D eigenvalue weighted by atomic mass is 19.1. The molecule has 0 N–H and O–H groups in total. The SMILES string of the molecule is C=C(CCCC)C1=CCC1c1ccc(F)cc1. The first-order valence-corrected chi connectivity index (χ1v) is 6.36. The Bertz CT molecular complexity index is 425. The number of allylic oxidation sites excluding steroid dienone is 3. The van der Waals surface area contributed by atoms with Crippen molar-refractivity contribution in [3.8, 4) is 0 Å². The lowest BCUT2D eigenvalue weighted by Gasteiger charge is -2.29. The van der Waals surface area contributed by atoms with Crippen molar-refractivity contribution in [1.29, 1.82) is 0 Å². The van der Waals surface area contributed by atoms with E-state index in [1.165, 1.54) is 29.6 Å². The van der Waals surface area contributed by atoms with Gasteiger partial charge in [0.15, 0.2) is 0 Å². The Morgan fingerprint density at radius 3 is 2.59 bits per heavy atom. The van der Waals surface area contributed by atoms with E-state index in [0.717, 1.165) is 12.8 Å². The summed E-state index contributed by atoms with van der Waals surface area (Å²) in [4.78, 5) is 0. The average Bonchev–Trinajstić information content (AvgIpc) is 2.28. The largest absolute Gasteiger partial charge is 0.207 e. The smallest absolute Gasteiger partial charge is 0.123 e. The fraction of sp³-hybridized carbons (Fsp3) is 0.375. The van der Waals surface area contributed by atoms with Crippen LogP contribution in [-0.4, -0.2) is 0 Å². The Balaban J connectivity index is 2.03. The van der Waals surface area contributed by atoms with Crippen LogP contribution in [0.4, 0.5) is 4.39 Å². The molecular formula is C16H19F. The Morgan fingerprint density at radius 2 is 2.06 bits per heavy atom. The molecule has 1 atom stereocenters. The van der Waals surface area contributed by atoms with E-state index in [-0.39, 0.29) is 5.82 Å². The van der Waals surface area contributed by atoms with Gasteiger partial charge in [0.1, 0.15) is 5.82 Å². The van der Waals surface area contributed by atoms with Gasteiger partial charge < -0.3 is 0 Å². The molecule has 0 spiro atoms. The van der Waals surface area contributed by atoms with E-state index in [1.54, 1.807) is 12.1 Å². The number of hydrogen-bond acceptors (Lipinski definition) is 0. The summed E-state index contributed by atoms with van der Waals surface area (Å²) in [5.41, 5.74) is 3.83. The molecule has 0 nitrogen and oxygen atoms in total. The second kappa shape index (κ2) is 5.31. The molecule has 0 aromatic heterocycles. The fourth-order valence-corrected chi connectivity index (χ4v) is 2.29. The minimum atomic E-state index is -0.164. The Hall–Kier alpha value is -1.37. The summed E-state index contributed by atoms with van der Waals surface area (Å²) in [6, 6.07) is 6.86. The quantitative estimate of drug-likeness (QED) is 0.668. The van der Waals surface area contributed by atoms with Crippen LogP contribution in [0.2, 0.25) is 0 Å². The van der Waals surface area contributed by atoms with Gasteiger partial charge >= 0.3 is 0 Å². The summed E-state index contributed by atoms with van der Waals surface area (Å²) < 4.78 is 12.9. The third-order valence-electron chi connectivity index (χ3n) is 3.46. The van der Waals surface area contributed by atoms with Gasteiger partial charge in [0.2, 0.25) is 0 Å². The summed E-state index contributed by atoms with van der Waals surface area (Å²) in [6.45, 7) is 6.36. The second-order valence-electron chi connectivity index (χ2n) is 4.71. The van der Waals surface area contributed by atoms with Gasteiger partial charge in [-0.1, -0.05) is 43.7 Å². The van der Waals surface area contributed by atoms with Crippen LogP contribution in [0, 0.1) is 5.82 Å². The molecule has 0 amide bonds. The molecule has 17 heavy (non-hydrogen) atoms. The molecule has 1 unspecified atom stereocenters. The predicted molar refractivity (Wildman–Crippen MR) is 70.5 cm³/mol. The van der Waals surface area contributed by atoms with E-state index in [2.05, 4.69) is 19.6 Å². The summed E-state index contributed by atoms with van der Waals surface area (Å²) >= 11 is 0. The lowest BCUT2D eigenvalue weighted by Crippen LogP contribution is -2.12. The van der Waals surface area contributed by atoms with Crippen LogP contribution in [0.3, 0.4) is 0 Å². The van der Waals surface area contributed by atoms with Crippen LogP contribution in [0.1, 0.15) is 44.1 Å². The molecule has 0 saturated carbocycles. The van der Waals surface area contributed by atoms with Crippen LogP contribution < -0.4 is 0 Å². The highest BCUT2D eigenvalue weighted by Crippen LogP contribution is 2.41. The van der Waals surface area contributed by atoms with E-state index in [9.17, 15) is 4.39 Å². The van der Waals surface area contributed by atoms with E-state index >= 15 is 0 Å². The van der Waals surface area contributed by atoms with E-state index in [4.69, 9.17) is 0 Å². The normalized spacial score (nSPS) is 18.5. The molecule has 1 aliphatic rings. The Kier molecular flexibility index (Phi) is 3.78. The van der Waals surface area contributed by atoms with Gasteiger partial charge in [0, 0.05) is 5.92 Å².